The Morgan fingerprint density at radius 3 is 2.27 bits per heavy atom. The van der Waals surface area contributed by atoms with Crippen molar-refractivity contribution in [3.05, 3.63) is 29.3 Å². The quantitative estimate of drug-likeness (QED) is 0.601. The van der Waals surface area contributed by atoms with Crippen LogP contribution in [0.5, 0.6) is 0 Å². The lowest BCUT2D eigenvalue weighted by Crippen LogP contribution is -2.49. The summed E-state index contributed by atoms with van der Waals surface area (Å²) in [6.07, 6.45) is -3.91. The van der Waals surface area contributed by atoms with E-state index in [1.807, 2.05) is 4.90 Å². The molecule has 1 aromatic rings. The van der Waals surface area contributed by atoms with E-state index >= 15 is 0 Å². The van der Waals surface area contributed by atoms with Crippen molar-refractivity contribution >= 4 is 17.9 Å². The Bertz CT molecular complexity index is 661. The van der Waals surface area contributed by atoms with Gasteiger partial charge in [0.05, 0.1) is 12.1 Å². The third kappa shape index (κ3) is 5.45. The molecule has 5 nitrogen and oxygen atoms in total. The molecule has 0 amide bonds. The zero-order valence-corrected chi connectivity index (χ0v) is 15.1. The number of alkyl halides is 3. The van der Waals surface area contributed by atoms with Crippen LogP contribution in [0.25, 0.3) is 0 Å². The third-order valence-electron chi connectivity index (χ3n) is 3.97. The Labute approximate surface area is 150 Å². The van der Waals surface area contributed by atoms with Crippen molar-refractivity contribution in [3.8, 4) is 0 Å². The average Bonchev–Trinajstić information content (AvgIpc) is 2.52. The lowest BCUT2D eigenvalue weighted by Gasteiger charge is -2.36. The van der Waals surface area contributed by atoms with Gasteiger partial charge in [0.15, 0.2) is 6.29 Å². The maximum Gasteiger partial charge on any atom is 0.416 e. The number of rotatable bonds is 4. The normalized spacial score (nSPS) is 16.5. The highest BCUT2D eigenvalue weighted by molar-refractivity contribution is 5.85. The first-order chi connectivity index (χ1) is 12.0. The molecule has 2 rings (SSSR count). The van der Waals surface area contributed by atoms with E-state index in [4.69, 9.17) is 4.74 Å². The standard InChI is InChI=1S/C18H23F3N2O3/c1-17(2,3)26-16(25)11-22-6-8-23(9-7-22)15-10-14(18(19,20)21)5-4-13(15)12-24/h4-5,10,12H,6-9,11H2,1-3H3. The average molecular weight is 372 g/mol. The molecule has 1 aromatic carbocycles. The maximum atomic E-state index is 12.9. The Hall–Kier alpha value is -2.09. The molecule has 26 heavy (non-hydrogen) atoms. The number of hydrogen-bond acceptors (Lipinski definition) is 5. The number of esters is 1. The molecule has 1 aliphatic rings. The van der Waals surface area contributed by atoms with E-state index in [1.165, 1.54) is 6.07 Å². The number of carbonyl (C=O) groups excluding carboxylic acids is 2. The number of ether oxygens (including phenoxy) is 1. The van der Waals surface area contributed by atoms with Gasteiger partial charge in [-0.1, -0.05) is 0 Å². The van der Waals surface area contributed by atoms with Gasteiger partial charge in [-0.15, -0.1) is 0 Å². The molecule has 0 saturated carbocycles. The first kappa shape index (κ1) is 20.2. The van der Waals surface area contributed by atoms with Crippen LogP contribution in [0.3, 0.4) is 0 Å². The van der Waals surface area contributed by atoms with E-state index in [9.17, 15) is 22.8 Å². The zero-order valence-electron chi connectivity index (χ0n) is 15.1. The third-order valence-corrected chi connectivity index (χ3v) is 3.97. The predicted octanol–water partition coefficient (Wildman–Crippen LogP) is 2.98. The van der Waals surface area contributed by atoms with Gasteiger partial charge in [0, 0.05) is 37.4 Å². The molecular weight excluding hydrogens is 349 g/mol. The molecule has 1 aliphatic heterocycles. The number of piperazine rings is 1. The van der Waals surface area contributed by atoms with Crippen LogP contribution in [0.15, 0.2) is 18.2 Å². The highest BCUT2D eigenvalue weighted by Gasteiger charge is 2.32. The zero-order chi connectivity index (χ0) is 19.5. The monoisotopic (exact) mass is 372 g/mol. The Kier molecular flexibility index (Phi) is 5.95. The second-order valence-corrected chi connectivity index (χ2v) is 7.24. The minimum Gasteiger partial charge on any atom is -0.459 e. The molecule has 0 spiro atoms. The number of halogens is 3. The smallest absolute Gasteiger partial charge is 0.416 e. The van der Waals surface area contributed by atoms with E-state index in [0.29, 0.717) is 32.5 Å². The summed E-state index contributed by atoms with van der Waals surface area (Å²) in [5, 5.41) is 0. The van der Waals surface area contributed by atoms with Gasteiger partial charge in [-0.05, 0) is 39.0 Å². The van der Waals surface area contributed by atoms with E-state index in [-0.39, 0.29) is 23.8 Å². The fourth-order valence-corrected chi connectivity index (χ4v) is 2.80. The van der Waals surface area contributed by atoms with Crippen LogP contribution >= 0.6 is 0 Å². The molecule has 0 N–H and O–H groups in total. The van der Waals surface area contributed by atoms with Crippen LogP contribution < -0.4 is 4.90 Å². The summed E-state index contributed by atoms with van der Waals surface area (Å²) in [6, 6.07) is 3.11. The summed E-state index contributed by atoms with van der Waals surface area (Å²) in [6.45, 7) is 7.33. The Morgan fingerprint density at radius 1 is 1.15 bits per heavy atom. The van der Waals surface area contributed by atoms with E-state index in [0.717, 1.165) is 12.1 Å². The lowest BCUT2D eigenvalue weighted by atomic mass is 10.1. The second-order valence-electron chi connectivity index (χ2n) is 7.24. The summed E-state index contributed by atoms with van der Waals surface area (Å²) >= 11 is 0. The van der Waals surface area contributed by atoms with E-state index in [2.05, 4.69) is 0 Å². The summed E-state index contributed by atoms with van der Waals surface area (Å²) in [5.41, 5.74) is -0.852. The highest BCUT2D eigenvalue weighted by atomic mass is 19.4. The molecule has 0 aromatic heterocycles. The van der Waals surface area contributed by atoms with Crippen molar-refractivity contribution < 1.29 is 27.5 Å². The van der Waals surface area contributed by atoms with Gasteiger partial charge < -0.3 is 9.64 Å². The molecule has 144 valence electrons. The second kappa shape index (κ2) is 7.65. The molecule has 1 heterocycles. The molecule has 1 fully saturated rings. The fraction of sp³-hybridized carbons (Fsp3) is 0.556. The lowest BCUT2D eigenvalue weighted by molar-refractivity contribution is -0.156. The number of anilines is 1. The minimum atomic E-state index is -4.46. The number of nitrogens with zero attached hydrogens (tertiary/aromatic N) is 2. The van der Waals surface area contributed by atoms with E-state index in [1.54, 1.807) is 25.7 Å². The van der Waals surface area contributed by atoms with Crippen molar-refractivity contribution in [1.29, 1.82) is 0 Å². The largest absolute Gasteiger partial charge is 0.459 e. The van der Waals surface area contributed by atoms with Crippen LogP contribution in [0.4, 0.5) is 18.9 Å². The number of aldehydes is 1. The minimum absolute atomic E-state index is 0.133. The van der Waals surface area contributed by atoms with Crippen molar-refractivity contribution in [2.45, 2.75) is 32.5 Å². The molecule has 0 unspecified atom stereocenters. The van der Waals surface area contributed by atoms with Crippen molar-refractivity contribution in [3.63, 3.8) is 0 Å². The van der Waals surface area contributed by atoms with Crippen LogP contribution in [0.2, 0.25) is 0 Å². The Balaban J connectivity index is 2.03. The van der Waals surface area contributed by atoms with Crippen molar-refractivity contribution in [2.75, 3.05) is 37.6 Å². The van der Waals surface area contributed by atoms with Gasteiger partial charge >= 0.3 is 12.1 Å². The molecule has 0 atom stereocenters. The van der Waals surface area contributed by atoms with E-state index < -0.39 is 17.3 Å². The summed E-state index contributed by atoms with van der Waals surface area (Å²) in [4.78, 5) is 26.7. The van der Waals surface area contributed by atoms with Crippen molar-refractivity contribution in [2.24, 2.45) is 0 Å². The van der Waals surface area contributed by atoms with Crippen LogP contribution in [0.1, 0.15) is 36.7 Å². The molecule has 0 aliphatic carbocycles. The molecular formula is C18H23F3N2O3. The van der Waals surface area contributed by atoms with Gasteiger partial charge in [0.25, 0.3) is 0 Å². The summed E-state index contributed by atoms with van der Waals surface area (Å²) in [5.74, 6) is -0.335. The topological polar surface area (TPSA) is 49.9 Å². The SMILES string of the molecule is CC(C)(C)OC(=O)CN1CCN(c2cc(C(F)(F)F)ccc2C=O)CC1. The summed E-state index contributed by atoms with van der Waals surface area (Å²) in [7, 11) is 0. The van der Waals surface area contributed by atoms with Gasteiger partial charge in [0.1, 0.15) is 5.60 Å². The van der Waals surface area contributed by atoms with Gasteiger partial charge in [0.2, 0.25) is 0 Å². The fourth-order valence-electron chi connectivity index (χ4n) is 2.80. The number of carbonyl (C=O) groups is 2. The molecule has 8 heteroatoms. The maximum absolute atomic E-state index is 12.9. The molecule has 0 bridgehead atoms. The van der Waals surface area contributed by atoms with Gasteiger partial charge in [-0.2, -0.15) is 13.2 Å². The van der Waals surface area contributed by atoms with Gasteiger partial charge in [-0.3, -0.25) is 14.5 Å². The number of hydrogen-bond donors (Lipinski definition) is 0. The highest BCUT2D eigenvalue weighted by Crippen LogP contribution is 2.33. The first-order valence-corrected chi connectivity index (χ1v) is 8.35. The Morgan fingerprint density at radius 2 is 1.77 bits per heavy atom. The van der Waals surface area contributed by atoms with Crippen molar-refractivity contribution in [1.82, 2.24) is 4.90 Å². The predicted molar refractivity (Wildman–Crippen MR) is 91.3 cm³/mol. The molecule has 0 radical (unpaired) electrons. The first-order valence-electron chi connectivity index (χ1n) is 8.35. The van der Waals surface area contributed by atoms with Crippen LogP contribution in [-0.2, 0) is 15.7 Å². The summed E-state index contributed by atoms with van der Waals surface area (Å²) < 4.78 is 44.1. The van der Waals surface area contributed by atoms with Gasteiger partial charge in [-0.25, -0.2) is 0 Å². The number of benzene rings is 1. The van der Waals surface area contributed by atoms with Crippen LogP contribution in [0, 0.1) is 0 Å². The van der Waals surface area contributed by atoms with Crippen LogP contribution in [-0.4, -0.2) is 55.5 Å². The molecule has 1 saturated heterocycles.